The summed E-state index contributed by atoms with van der Waals surface area (Å²) in [7, 11) is 0. The van der Waals surface area contributed by atoms with E-state index in [0.29, 0.717) is 19.6 Å². The fourth-order valence-electron chi connectivity index (χ4n) is 3.78. The predicted molar refractivity (Wildman–Crippen MR) is 121 cm³/mol. The lowest BCUT2D eigenvalue weighted by atomic mass is 10.0. The van der Waals surface area contributed by atoms with Gasteiger partial charge in [-0.3, -0.25) is 9.59 Å². The van der Waals surface area contributed by atoms with Crippen molar-refractivity contribution in [1.29, 1.82) is 0 Å². The van der Waals surface area contributed by atoms with Crippen molar-refractivity contribution in [1.82, 2.24) is 5.32 Å². The molecule has 1 N–H and O–H groups in total. The number of anilines is 1. The molecule has 2 amide bonds. The van der Waals surface area contributed by atoms with Gasteiger partial charge in [0.1, 0.15) is 18.3 Å². The topological polar surface area (TPSA) is 58.6 Å². The number of rotatable bonds is 7. The zero-order valence-electron chi connectivity index (χ0n) is 17.5. The molecule has 3 aromatic carbocycles. The van der Waals surface area contributed by atoms with Gasteiger partial charge >= 0.3 is 0 Å². The molecule has 1 aliphatic heterocycles. The fraction of sp³-hybridized carbons (Fsp3) is 0.231. The lowest BCUT2D eigenvalue weighted by Gasteiger charge is -2.19. The van der Waals surface area contributed by atoms with Gasteiger partial charge < -0.3 is 15.0 Å². The van der Waals surface area contributed by atoms with E-state index in [2.05, 4.69) is 5.32 Å². The zero-order valence-corrected chi connectivity index (χ0v) is 17.5. The largest absolute Gasteiger partial charge is 0.489 e. The molecule has 0 unspecified atom stereocenters. The highest BCUT2D eigenvalue weighted by molar-refractivity contribution is 6.09. The molecule has 158 valence electrons. The van der Waals surface area contributed by atoms with Crippen LogP contribution in [0.2, 0.25) is 0 Å². The third-order valence-corrected chi connectivity index (χ3v) is 5.58. The molecule has 1 aliphatic rings. The molecule has 1 saturated heterocycles. The lowest BCUT2D eigenvalue weighted by Crippen LogP contribution is -2.38. The average Bonchev–Trinajstić information content (AvgIpc) is 3.20. The molecule has 5 nitrogen and oxygen atoms in total. The minimum Gasteiger partial charge on any atom is -0.489 e. The van der Waals surface area contributed by atoms with E-state index in [9.17, 15) is 9.59 Å². The lowest BCUT2D eigenvalue weighted by molar-refractivity contribution is -0.132. The summed E-state index contributed by atoms with van der Waals surface area (Å²) in [5, 5.41) is 2.98. The number of nitrogens with zero attached hydrogens (tertiary/aromatic N) is 1. The van der Waals surface area contributed by atoms with E-state index in [-0.39, 0.29) is 17.9 Å². The second kappa shape index (κ2) is 9.47. The monoisotopic (exact) mass is 414 g/mol. The maximum Gasteiger partial charge on any atom is 0.239 e. The van der Waals surface area contributed by atoms with Gasteiger partial charge in [-0.15, -0.1) is 0 Å². The average molecular weight is 415 g/mol. The number of nitrogens with one attached hydrogen (secondary N) is 1. The molecule has 0 aliphatic carbocycles. The predicted octanol–water partition coefficient (Wildman–Crippen LogP) is 4.50. The number of amides is 2. The maximum atomic E-state index is 12.9. The minimum atomic E-state index is -0.653. The number of hydrogen-bond donors (Lipinski definition) is 1. The zero-order chi connectivity index (χ0) is 21.6. The Morgan fingerprint density at radius 2 is 1.65 bits per heavy atom. The third-order valence-electron chi connectivity index (χ3n) is 5.58. The molecule has 0 spiro atoms. The van der Waals surface area contributed by atoms with Crippen LogP contribution in [-0.2, 0) is 16.2 Å². The molecule has 2 atom stereocenters. The Morgan fingerprint density at radius 1 is 1.00 bits per heavy atom. The highest BCUT2D eigenvalue weighted by atomic mass is 16.5. The Bertz CT molecular complexity index is 1020. The Labute approximate surface area is 182 Å². The van der Waals surface area contributed by atoms with Crippen molar-refractivity contribution in [2.75, 3.05) is 11.4 Å². The maximum absolute atomic E-state index is 12.9. The van der Waals surface area contributed by atoms with E-state index in [1.807, 2.05) is 91.9 Å². The van der Waals surface area contributed by atoms with Gasteiger partial charge in [-0.05, 0) is 48.7 Å². The molecule has 1 heterocycles. The summed E-state index contributed by atoms with van der Waals surface area (Å²) >= 11 is 0. The second-order valence-corrected chi connectivity index (χ2v) is 7.74. The summed E-state index contributed by atoms with van der Waals surface area (Å²) in [5.41, 5.74) is 2.90. The van der Waals surface area contributed by atoms with Gasteiger partial charge in [0, 0.05) is 12.2 Å². The van der Waals surface area contributed by atoms with E-state index in [1.54, 1.807) is 4.90 Å². The number of carbonyl (C=O) groups is 2. The normalized spacial score (nSPS) is 16.7. The van der Waals surface area contributed by atoms with Crippen molar-refractivity contribution in [3.63, 3.8) is 0 Å². The van der Waals surface area contributed by atoms with Gasteiger partial charge in [0.2, 0.25) is 11.8 Å². The summed E-state index contributed by atoms with van der Waals surface area (Å²) in [6.07, 6.45) is 0.512. The second-order valence-electron chi connectivity index (χ2n) is 7.74. The minimum absolute atomic E-state index is 0.142. The van der Waals surface area contributed by atoms with Crippen LogP contribution in [0.15, 0.2) is 84.9 Å². The van der Waals surface area contributed by atoms with Crippen LogP contribution in [0, 0.1) is 5.92 Å². The van der Waals surface area contributed by atoms with Crippen LogP contribution in [0.3, 0.4) is 0 Å². The quantitative estimate of drug-likeness (QED) is 0.579. The van der Waals surface area contributed by atoms with Crippen molar-refractivity contribution in [3.8, 4) is 5.75 Å². The van der Waals surface area contributed by atoms with Crippen molar-refractivity contribution in [2.24, 2.45) is 5.92 Å². The molecular formula is C26H26N2O3. The Hall–Kier alpha value is -3.60. The molecule has 4 rings (SSSR count). The van der Waals surface area contributed by atoms with Crippen LogP contribution in [0.1, 0.15) is 30.5 Å². The van der Waals surface area contributed by atoms with Crippen LogP contribution in [0.25, 0.3) is 0 Å². The Balaban J connectivity index is 1.34. The number of hydrogen-bond acceptors (Lipinski definition) is 3. The first-order valence-electron chi connectivity index (χ1n) is 10.6. The van der Waals surface area contributed by atoms with Gasteiger partial charge in [0.05, 0.1) is 6.04 Å². The van der Waals surface area contributed by atoms with Crippen molar-refractivity contribution in [2.45, 2.75) is 26.0 Å². The Kier molecular flexibility index (Phi) is 6.32. The van der Waals surface area contributed by atoms with E-state index in [4.69, 9.17) is 4.74 Å². The highest BCUT2D eigenvalue weighted by Crippen LogP contribution is 2.28. The molecule has 31 heavy (non-hydrogen) atoms. The summed E-state index contributed by atoms with van der Waals surface area (Å²) in [6, 6.07) is 27.0. The molecule has 0 radical (unpaired) electrons. The smallest absolute Gasteiger partial charge is 0.239 e. The summed E-state index contributed by atoms with van der Waals surface area (Å²) in [5.74, 6) is -0.284. The van der Waals surface area contributed by atoms with Crippen molar-refractivity contribution < 1.29 is 14.3 Å². The SMILES string of the molecule is C[C@@H](NC(=O)[C@H]1CCN(c2ccc(OCc3ccccc3)cc2)C1=O)c1ccccc1. The van der Waals surface area contributed by atoms with Crippen LogP contribution in [0.4, 0.5) is 5.69 Å². The van der Waals surface area contributed by atoms with Crippen LogP contribution >= 0.6 is 0 Å². The van der Waals surface area contributed by atoms with Crippen molar-refractivity contribution >= 4 is 17.5 Å². The highest BCUT2D eigenvalue weighted by Gasteiger charge is 2.38. The van der Waals surface area contributed by atoms with Crippen LogP contribution in [0.5, 0.6) is 5.75 Å². The molecule has 0 saturated carbocycles. The first kappa shape index (κ1) is 20.7. The van der Waals surface area contributed by atoms with Gasteiger partial charge in [0.25, 0.3) is 0 Å². The first-order valence-corrected chi connectivity index (χ1v) is 10.6. The Morgan fingerprint density at radius 3 is 2.32 bits per heavy atom. The summed E-state index contributed by atoms with van der Waals surface area (Å²) in [4.78, 5) is 27.3. The summed E-state index contributed by atoms with van der Waals surface area (Å²) in [6.45, 7) is 2.95. The van der Waals surface area contributed by atoms with Gasteiger partial charge in [0.15, 0.2) is 0 Å². The van der Waals surface area contributed by atoms with Crippen LogP contribution in [-0.4, -0.2) is 18.4 Å². The van der Waals surface area contributed by atoms with Crippen LogP contribution < -0.4 is 15.0 Å². The van der Waals surface area contributed by atoms with Gasteiger partial charge in [-0.1, -0.05) is 60.7 Å². The summed E-state index contributed by atoms with van der Waals surface area (Å²) < 4.78 is 5.81. The number of benzene rings is 3. The van der Waals surface area contributed by atoms with Gasteiger partial charge in [-0.2, -0.15) is 0 Å². The van der Waals surface area contributed by atoms with E-state index >= 15 is 0 Å². The molecule has 5 heteroatoms. The van der Waals surface area contributed by atoms with E-state index in [1.165, 1.54) is 0 Å². The third kappa shape index (κ3) is 4.94. The molecule has 3 aromatic rings. The van der Waals surface area contributed by atoms with E-state index < -0.39 is 5.92 Å². The van der Waals surface area contributed by atoms with Gasteiger partial charge in [-0.25, -0.2) is 0 Å². The molecule has 1 fully saturated rings. The molecule has 0 bridgehead atoms. The first-order chi connectivity index (χ1) is 15.1. The standard InChI is InChI=1S/C26H26N2O3/c1-19(21-10-6-3-7-11-21)27-25(29)24-16-17-28(26(24)30)22-12-14-23(15-13-22)31-18-20-8-4-2-5-9-20/h2-15,19,24H,16-18H2,1H3,(H,27,29)/t19-,24-/m1/s1. The number of carbonyl (C=O) groups excluding carboxylic acids is 2. The molecule has 0 aromatic heterocycles. The van der Waals surface area contributed by atoms with Crippen molar-refractivity contribution in [3.05, 3.63) is 96.1 Å². The van der Waals surface area contributed by atoms with E-state index in [0.717, 1.165) is 22.6 Å². The number of ether oxygens (including phenoxy) is 1. The molecular weight excluding hydrogens is 388 g/mol. The fourth-order valence-corrected chi connectivity index (χ4v) is 3.78.